The second kappa shape index (κ2) is 8.85. The molecule has 0 bridgehead atoms. The molecule has 0 aliphatic heterocycles. The third-order valence-corrected chi connectivity index (χ3v) is 3.48. The molecule has 2 aromatic rings. The van der Waals surface area contributed by atoms with Crippen molar-refractivity contribution in [2.75, 3.05) is 14.1 Å². The summed E-state index contributed by atoms with van der Waals surface area (Å²) in [5.41, 5.74) is 1.54. The lowest BCUT2D eigenvalue weighted by Crippen LogP contribution is -2.38. The smallest absolute Gasteiger partial charge is 0.194 e. The van der Waals surface area contributed by atoms with Crippen LogP contribution >= 0.6 is 24.0 Å². The van der Waals surface area contributed by atoms with E-state index in [-0.39, 0.29) is 30.5 Å². The van der Waals surface area contributed by atoms with E-state index in [0.717, 1.165) is 11.8 Å². The first kappa shape index (κ1) is 19.4. The third-order valence-electron chi connectivity index (χ3n) is 3.48. The van der Waals surface area contributed by atoms with Gasteiger partial charge in [-0.3, -0.25) is 4.99 Å². The maximum Gasteiger partial charge on any atom is 0.194 e. The molecule has 0 saturated carbocycles. The molecule has 126 valence electrons. The van der Waals surface area contributed by atoms with Crippen LogP contribution in [0.5, 0.6) is 0 Å². The Hall–Kier alpha value is -1.64. The summed E-state index contributed by atoms with van der Waals surface area (Å²) < 4.78 is 28.6. The lowest BCUT2D eigenvalue weighted by Gasteiger charge is -2.22. The zero-order chi connectivity index (χ0) is 16.1. The molecule has 0 unspecified atom stereocenters. The summed E-state index contributed by atoms with van der Waals surface area (Å²) in [4.78, 5) is 6.13. The zero-order valence-corrected chi connectivity index (χ0v) is 15.7. The predicted molar refractivity (Wildman–Crippen MR) is 98.9 cm³/mol. The van der Waals surface area contributed by atoms with Crippen molar-refractivity contribution in [2.24, 2.45) is 12.0 Å². The summed E-state index contributed by atoms with van der Waals surface area (Å²) in [5, 5.41) is 3.08. The Morgan fingerprint density at radius 2 is 2.04 bits per heavy atom. The molecule has 23 heavy (non-hydrogen) atoms. The normalized spacial score (nSPS) is 11.1. The Bertz CT molecular complexity index is 670. The van der Waals surface area contributed by atoms with Gasteiger partial charge in [0.05, 0.1) is 6.54 Å². The molecule has 7 heteroatoms. The minimum Gasteiger partial charge on any atom is -0.353 e. The lowest BCUT2D eigenvalue weighted by molar-refractivity contribution is 0.460. The maximum atomic E-state index is 13.6. The Balaban J connectivity index is 0.00000264. The molecule has 4 nitrogen and oxygen atoms in total. The van der Waals surface area contributed by atoms with Crippen molar-refractivity contribution < 1.29 is 8.78 Å². The molecular weight excluding hydrogens is 413 g/mol. The van der Waals surface area contributed by atoms with Crippen LogP contribution in [0.1, 0.15) is 11.3 Å². The zero-order valence-electron chi connectivity index (χ0n) is 13.4. The minimum atomic E-state index is -0.577. The summed E-state index contributed by atoms with van der Waals surface area (Å²) in [7, 11) is 5.56. The fourth-order valence-electron chi connectivity index (χ4n) is 2.20. The standard InChI is InChI=1S/C16H20F2N4.HI/c1-19-16(22(3)11-14-5-4-8-21(14)2)20-10-12-6-7-13(17)9-15(12)18;/h4-9H,10-11H2,1-3H3,(H,19,20);1H. The molecule has 0 amide bonds. The van der Waals surface area contributed by atoms with Crippen LogP contribution in [-0.4, -0.2) is 29.5 Å². The first-order valence-corrected chi connectivity index (χ1v) is 6.97. The number of rotatable bonds is 4. The van der Waals surface area contributed by atoms with Crippen molar-refractivity contribution >= 4 is 29.9 Å². The first-order chi connectivity index (χ1) is 10.5. The van der Waals surface area contributed by atoms with E-state index in [1.807, 2.05) is 41.9 Å². The monoisotopic (exact) mass is 434 g/mol. The van der Waals surface area contributed by atoms with Crippen molar-refractivity contribution in [3.05, 3.63) is 59.4 Å². The number of hydrogen-bond donors (Lipinski definition) is 1. The van der Waals surface area contributed by atoms with Gasteiger partial charge in [-0.2, -0.15) is 0 Å². The molecule has 0 fully saturated rings. The fourth-order valence-corrected chi connectivity index (χ4v) is 2.20. The lowest BCUT2D eigenvalue weighted by atomic mass is 10.2. The van der Waals surface area contributed by atoms with Gasteiger partial charge in [0.1, 0.15) is 11.6 Å². The van der Waals surface area contributed by atoms with Gasteiger partial charge in [-0.05, 0) is 18.2 Å². The molecular formula is C16H21F2IN4. The molecule has 2 rings (SSSR count). The van der Waals surface area contributed by atoms with Crippen LogP contribution in [0, 0.1) is 11.6 Å². The number of benzene rings is 1. The van der Waals surface area contributed by atoms with E-state index in [4.69, 9.17) is 0 Å². The van der Waals surface area contributed by atoms with E-state index < -0.39 is 11.6 Å². The molecule has 0 aliphatic rings. The second-order valence-electron chi connectivity index (χ2n) is 5.10. The van der Waals surface area contributed by atoms with Crippen LogP contribution in [0.15, 0.2) is 41.5 Å². The van der Waals surface area contributed by atoms with Gasteiger partial charge in [-0.25, -0.2) is 8.78 Å². The van der Waals surface area contributed by atoms with Crippen molar-refractivity contribution in [1.82, 2.24) is 14.8 Å². The number of nitrogens with one attached hydrogen (secondary N) is 1. The van der Waals surface area contributed by atoms with Gasteiger partial charge < -0.3 is 14.8 Å². The Morgan fingerprint density at radius 1 is 1.30 bits per heavy atom. The predicted octanol–water partition coefficient (Wildman–Crippen LogP) is 3.13. The average Bonchev–Trinajstić information content (AvgIpc) is 2.87. The van der Waals surface area contributed by atoms with E-state index in [1.54, 1.807) is 7.05 Å². The summed E-state index contributed by atoms with van der Waals surface area (Å²) in [6.45, 7) is 0.922. The summed E-state index contributed by atoms with van der Waals surface area (Å²) in [6.07, 6.45) is 1.98. The van der Waals surface area contributed by atoms with E-state index in [9.17, 15) is 8.78 Å². The van der Waals surface area contributed by atoms with Crippen LogP contribution in [0.2, 0.25) is 0 Å². The third kappa shape index (κ3) is 5.19. The summed E-state index contributed by atoms with van der Waals surface area (Å²) in [6, 6.07) is 7.57. The van der Waals surface area contributed by atoms with Gasteiger partial charge in [0, 0.05) is 51.2 Å². The Kier molecular flexibility index (Phi) is 7.47. The van der Waals surface area contributed by atoms with Crippen molar-refractivity contribution in [1.29, 1.82) is 0 Å². The molecule has 0 atom stereocenters. The van der Waals surface area contributed by atoms with Crippen molar-refractivity contribution in [2.45, 2.75) is 13.1 Å². The fraction of sp³-hybridized carbons (Fsp3) is 0.312. The molecule has 1 aromatic heterocycles. The highest BCUT2D eigenvalue weighted by Gasteiger charge is 2.10. The van der Waals surface area contributed by atoms with Gasteiger partial charge in [-0.1, -0.05) is 6.07 Å². The second-order valence-corrected chi connectivity index (χ2v) is 5.10. The van der Waals surface area contributed by atoms with Crippen LogP contribution in [0.3, 0.4) is 0 Å². The highest BCUT2D eigenvalue weighted by atomic mass is 127. The highest BCUT2D eigenvalue weighted by Crippen LogP contribution is 2.09. The van der Waals surface area contributed by atoms with Crippen molar-refractivity contribution in [3.8, 4) is 0 Å². The number of hydrogen-bond acceptors (Lipinski definition) is 1. The van der Waals surface area contributed by atoms with Crippen LogP contribution in [0.4, 0.5) is 8.78 Å². The maximum absolute atomic E-state index is 13.6. The quantitative estimate of drug-likeness (QED) is 0.456. The summed E-state index contributed by atoms with van der Waals surface area (Å²) >= 11 is 0. The van der Waals surface area contributed by atoms with Gasteiger partial charge in [-0.15, -0.1) is 24.0 Å². The van der Waals surface area contributed by atoms with E-state index in [1.165, 1.54) is 12.1 Å². The number of nitrogens with zero attached hydrogens (tertiary/aromatic N) is 3. The van der Waals surface area contributed by atoms with E-state index >= 15 is 0 Å². The molecule has 0 aliphatic carbocycles. The molecule has 0 spiro atoms. The number of aryl methyl sites for hydroxylation is 1. The van der Waals surface area contributed by atoms with Gasteiger partial charge in [0.2, 0.25) is 0 Å². The topological polar surface area (TPSA) is 32.6 Å². The van der Waals surface area contributed by atoms with Gasteiger partial charge >= 0.3 is 0 Å². The molecule has 0 saturated heterocycles. The van der Waals surface area contributed by atoms with Gasteiger partial charge in [0.15, 0.2) is 5.96 Å². The van der Waals surface area contributed by atoms with Crippen LogP contribution in [0.25, 0.3) is 0 Å². The van der Waals surface area contributed by atoms with Crippen molar-refractivity contribution in [3.63, 3.8) is 0 Å². The number of halogens is 3. The average molecular weight is 434 g/mol. The highest BCUT2D eigenvalue weighted by molar-refractivity contribution is 14.0. The largest absolute Gasteiger partial charge is 0.353 e. The summed E-state index contributed by atoms with van der Waals surface area (Å²) in [5.74, 6) is -0.496. The minimum absolute atomic E-state index is 0. The van der Waals surface area contributed by atoms with Gasteiger partial charge in [0.25, 0.3) is 0 Å². The van der Waals surface area contributed by atoms with Crippen LogP contribution in [-0.2, 0) is 20.1 Å². The first-order valence-electron chi connectivity index (χ1n) is 6.97. The molecule has 1 heterocycles. The molecule has 1 N–H and O–H groups in total. The van der Waals surface area contributed by atoms with E-state index in [2.05, 4.69) is 10.3 Å². The van der Waals surface area contributed by atoms with Crippen LogP contribution < -0.4 is 5.32 Å². The van der Waals surface area contributed by atoms with E-state index in [0.29, 0.717) is 18.1 Å². The number of guanidine groups is 1. The molecule has 0 radical (unpaired) electrons. The number of aromatic nitrogens is 1. The Labute approximate surface area is 152 Å². The SMILES string of the molecule is CN=C(NCc1ccc(F)cc1F)N(C)Cc1cccn1C.I. The Morgan fingerprint density at radius 3 is 2.61 bits per heavy atom. The number of aliphatic imine (C=N–C) groups is 1. The molecule has 1 aromatic carbocycles.